The van der Waals surface area contributed by atoms with E-state index in [9.17, 15) is 42.6 Å². The number of carbonyl (C=O) groups excluding carboxylic acids is 1. The Morgan fingerprint density at radius 2 is 1.28 bits per heavy atom. The largest absolute Gasteiger partial charge is 0.394 e. The van der Waals surface area contributed by atoms with Crippen LogP contribution in [0.4, 0.5) is 40.3 Å². The van der Waals surface area contributed by atoms with Crippen LogP contribution < -0.4 is 11.1 Å². The number of nitrogens with one attached hydrogen (secondary N) is 1. The van der Waals surface area contributed by atoms with E-state index >= 15 is 0 Å². The lowest BCUT2D eigenvalue weighted by atomic mass is 10.2. The number of anilines is 2. The molecule has 0 aromatic heterocycles. The second-order valence-corrected chi connectivity index (χ2v) is 5.88. The van der Waals surface area contributed by atoms with E-state index in [0.717, 1.165) is 18.2 Å². The molecule has 0 spiro atoms. The second-order valence-electron chi connectivity index (χ2n) is 5.88. The molecule has 166 valence electrons. The Labute approximate surface area is 176 Å². The third kappa shape index (κ3) is 5.33. The van der Waals surface area contributed by atoms with Gasteiger partial charge in [0.25, 0.3) is 5.91 Å². The number of nitro groups is 2. The van der Waals surface area contributed by atoms with Gasteiger partial charge >= 0.3 is 11.4 Å². The normalized spacial score (nSPS) is 10.0. The van der Waals surface area contributed by atoms with E-state index in [1.54, 1.807) is 18.2 Å². The molecule has 0 aliphatic heterocycles. The van der Waals surface area contributed by atoms with Crippen molar-refractivity contribution in [1.29, 1.82) is 0 Å². The van der Waals surface area contributed by atoms with Crippen molar-refractivity contribution in [3.8, 4) is 0 Å². The SMILES string of the molecule is Nc1c(F)ccc([N+](=O)[O-])c1F.O=C(Nc1c(F)ccc([N+](=O)[O-])c1F)c1ccccc1. The van der Waals surface area contributed by atoms with Crippen LogP contribution in [-0.4, -0.2) is 15.8 Å². The zero-order valence-corrected chi connectivity index (χ0v) is 15.7. The molecule has 3 N–H and O–H groups in total. The first-order valence-corrected chi connectivity index (χ1v) is 8.41. The fraction of sp³-hybridized carbons (Fsp3) is 0. The predicted molar refractivity (Wildman–Crippen MR) is 105 cm³/mol. The van der Waals surface area contributed by atoms with E-state index in [1.807, 2.05) is 5.32 Å². The molecule has 0 aliphatic carbocycles. The van der Waals surface area contributed by atoms with Crippen LogP contribution in [0.2, 0.25) is 0 Å². The molecular formula is C19H12F4N4O5. The number of hydrogen-bond acceptors (Lipinski definition) is 6. The number of nitrogens with two attached hydrogens (primary N) is 1. The van der Waals surface area contributed by atoms with Gasteiger partial charge in [0.05, 0.1) is 9.85 Å². The van der Waals surface area contributed by atoms with Gasteiger partial charge in [-0.3, -0.25) is 25.0 Å². The summed E-state index contributed by atoms with van der Waals surface area (Å²) in [5, 5.41) is 22.6. The van der Waals surface area contributed by atoms with Gasteiger partial charge in [-0.15, -0.1) is 0 Å². The van der Waals surface area contributed by atoms with E-state index in [0.29, 0.717) is 6.07 Å². The summed E-state index contributed by atoms with van der Waals surface area (Å²) in [7, 11) is 0. The minimum atomic E-state index is -1.42. The molecule has 0 heterocycles. The Morgan fingerprint density at radius 1 is 0.781 bits per heavy atom. The third-order valence-corrected chi connectivity index (χ3v) is 3.84. The summed E-state index contributed by atoms with van der Waals surface area (Å²) in [6, 6.07) is 10.6. The van der Waals surface area contributed by atoms with Crippen LogP contribution in [-0.2, 0) is 0 Å². The average molecular weight is 452 g/mol. The van der Waals surface area contributed by atoms with E-state index in [1.165, 1.54) is 12.1 Å². The zero-order chi connectivity index (χ0) is 24.0. The number of rotatable bonds is 4. The van der Waals surface area contributed by atoms with Gasteiger partial charge in [-0.25, -0.2) is 8.78 Å². The third-order valence-electron chi connectivity index (χ3n) is 3.84. The summed E-state index contributed by atoms with van der Waals surface area (Å²) in [4.78, 5) is 30.5. The zero-order valence-electron chi connectivity index (χ0n) is 15.7. The molecule has 32 heavy (non-hydrogen) atoms. The van der Waals surface area contributed by atoms with Crippen LogP contribution in [0.25, 0.3) is 0 Å². The highest BCUT2D eigenvalue weighted by molar-refractivity contribution is 6.04. The standard InChI is InChI=1S/C13H8F2N2O3.C6H4F2N2O2/c14-9-6-7-10(17(19)20)11(15)12(9)16-13(18)8-4-2-1-3-5-8;7-3-1-2-4(10(11)12)5(8)6(3)9/h1-7H,(H,16,18);1-2H,9H2. The molecule has 3 aromatic rings. The van der Waals surface area contributed by atoms with E-state index in [2.05, 4.69) is 0 Å². The molecule has 0 bridgehead atoms. The summed E-state index contributed by atoms with van der Waals surface area (Å²) in [6.07, 6.45) is 0. The van der Waals surface area contributed by atoms with Crippen molar-refractivity contribution in [3.05, 3.63) is 104 Å². The van der Waals surface area contributed by atoms with Crippen molar-refractivity contribution in [2.45, 2.75) is 0 Å². The number of amides is 1. The second kappa shape index (κ2) is 9.97. The molecule has 9 nitrogen and oxygen atoms in total. The summed E-state index contributed by atoms with van der Waals surface area (Å²) in [5.41, 5.74) is 1.64. The molecule has 0 saturated heterocycles. The van der Waals surface area contributed by atoms with Gasteiger partial charge in [-0.05, 0) is 24.3 Å². The minimum Gasteiger partial charge on any atom is -0.394 e. The summed E-state index contributed by atoms with van der Waals surface area (Å²) in [5.74, 6) is -5.60. The quantitative estimate of drug-likeness (QED) is 0.257. The number of carbonyl (C=O) groups is 1. The molecule has 0 radical (unpaired) electrons. The number of benzene rings is 3. The maximum Gasteiger partial charge on any atom is 0.307 e. The molecule has 0 aliphatic rings. The number of nitro benzene ring substituents is 2. The van der Waals surface area contributed by atoms with Gasteiger partial charge < -0.3 is 11.1 Å². The lowest BCUT2D eigenvalue weighted by Crippen LogP contribution is -2.14. The number of hydrogen-bond donors (Lipinski definition) is 2. The molecule has 0 fully saturated rings. The van der Waals surface area contributed by atoms with E-state index in [4.69, 9.17) is 5.73 Å². The summed E-state index contributed by atoms with van der Waals surface area (Å²) >= 11 is 0. The summed E-state index contributed by atoms with van der Waals surface area (Å²) in [6.45, 7) is 0. The van der Waals surface area contributed by atoms with Crippen LogP contribution >= 0.6 is 0 Å². The average Bonchev–Trinajstić information content (AvgIpc) is 2.75. The topological polar surface area (TPSA) is 141 Å². The Morgan fingerprint density at radius 3 is 1.81 bits per heavy atom. The van der Waals surface area contributed by atoms with Gasteiger partial charge in [0.1, 0.15) is 23.0 Å². The van der Waals surface area contributed by atoms with E-state index < -0.39 is 61.8 Å². The highest BCUT2D eigenvalue weighted by atomic mass is 19.1. The van der Waals surface area contributed by atoms with Crippen molar-refractivity contribution in [2.75, 3.05) is 11.1 Å². The van der Waals surface area contributed by atoms with Gasteiger partial charge in [-0.1, -0.05) is 18.2 Å². The molecule has 13 heteroatoms. The molecule has 0 saturated carbocycles. The van der Waals surface area contributed by atoms with Gasteiger partial charge in [0.15, 0.2) is 0 Å². The van der Waals surface area contributed by atoms with Crippen molar-refractivity contribution in [2.24, 2.45) is 0 Å². The van der Waals surface area contributed by atoms with Crippen molar-refractivity contribution in [1.82, 2.24) is 0 Å². The maximum atomic E-state index is 13.8. The van der Waals surface area contributed by atoms with Gasteiger partial charge in [0.2, 0.25) is 11.6 Å². The van der Waals surface area contributed by atoms with Crippen LogP contribution in [0.15, 0.2) is 54.6 Å². The molecular weight excluding hydrogens is 440 g/mol. The number of nitrogen functional groups attached to an aromatic ring is 1. The lowest BCUT2D eigenvalue weighted by Gasteiger charge is -2.07. The molecule has 1 amide bonds. The smallest absolute Gasteiger partial charge is 0.307 e. The molecule has 3 rings (SSSR count). The van der Waals surface area contributed by atoms with Crippen LogP contribution in [0.3, 0.4) is 0 Å². The van der Waals surface area contributed by atoms with Crippen molar-refractivity contribution in [3.63, 3.8) is 0 Å². The van der Waals surface area contributed by atoms with Crippen LogP contribution in [0, 0.1) is 43.5 Å². The van der Waals surface area contributed by atoms with Crippen molar-refractivity contribution < 1.29 is 32.2 Å². The fourth-order valence-electron chi connectivity index (χ4n) is 2.27. The Balaban J connectivity index is 0.000000258. The minimum absolute atomic E-state index is 0.179. The predicted octanol–water partition coefficient (Wildman–Crippen LogP) is 4.58. The van der Waals surface area contributed by atoms with E-state index in [-0.39, 0.29) is 5.56 Å². The Bertz CT molecular complexity index is 1190. The van der Waals surface area contributed by atoms with Gasteiger partial charge in [-0.2, -0.15) is 8.78 Å². The lowest BCUT2D eigenvalue weighted by molar-refractivity contribution is -0.387. The van der Waals surface area contributed by atoms with Crippen molar-refractivity contribution >= 4 is 28.7 Å². The number of nitrogens with zero attached hydrogens (tertiary/aromatic N) is 2. The maximum absolute atomic E-state index is 13.8. The molecule has 0 unspecified atom stereocenters. The Hall–Kier alpha value is -4.55. The monoisotopic (exact) mass is 452 g/mol. The first-order chi connectivity index (χ1) is 15.0. The fourth-order valence-corrected chi connectivity index (χ4v) is 2.27. The van der Waals surface area contributed by atoms with Crippen LogP contribution in [0.5, 0.6) is 0 Å². The van der Waals surface area contributed by atoms with Crippen LogP contribution in [0.1, 0.15) is 10.4 Å². The number of halogens is 4. The molecule has 3 aromatic carbocycles. The van der Waals surface area contributed by atoms with Gasteiger partial charge in [0, 0.05) is 17.7 Å². The Kier molecular flexibility index (Phi) is 7.39. The highest BCUT2D eigenvalue weighted by Crippen LogP contribution is 2.27. The highest BCUT2D eigenvalue weighted by Gasteiger charge is 2.23. The first kappa shape index (κ1) is 23.7. The molecule has 0 atom stereocenters. The first-order valence-electron chi connectivity index (χ1n) is 8.41. The summed E-state index contributed by atoms with van der Waals surface area (Å²) < 4.78 is 52.4.